The zero-order valence-corrected chi connectivity index (χ0v) is 31.2. The molecule has 3 unspecified atom stereocenters. The molecular formula is C33H52BrN3O3Si2. The van der Waals surface area contributed by atoms with Crippen LogP contribution < -0.4 is 10.1 Å². The molecule has 5 atom stereocenters. The molecular weight excluding hydrogens is 622 g/mol. The van der Waals surface area contributed by atoms with Crippen LogP contribution >= 0.6 is 15.9 Å². The molecule has 2 saturated heterocycles. The lowest BCUT2D eigenvalue weighted by Crippen LogP contribution is -2.61. The zero-order valence-electron chi connectivity index (χ0n) is 27.2. The van der Waals surface area contributed by atoms with Crippen LogP contribution in [0.3, 0.4) is 0 Å². The minimum Gasteiger partial charge on any atom is -0.497 e. The largest absolute Gasteiger partial charge is 0.497 e. The van der Waals surface area contributed by atoms with E-state index in [4.69, 9.17) is 8.85 Å². The Labute approximate surface area is 266 Å². The molecule has 0 radical (unpaired) electrons. The van der Waals surface area contributed by atoms with Gasteiger partial charge in [-0.1, -0.05) is 55.8 Å². The van der Waals surface area contributed by atoms with Crippen molar-refractivity contribution in [2.24, 2.45) is 11.8 Å². The monoisotopic (exact) mass is 673 g/mol. The number of hydrogen-bond donors (Lipinski definition) is 1. The fourth-order valence-corrected chi connectivity index (χ4v) is 12.9. The number of ether oxygens (including phenoxy) is 1. The standard InChI is InChI=1S/C33H52BrN3O3Si2/c1-23-11-10-20-36(31(38)35-27-16-18-28(39-7)19-17-27)22-30-24(2)29(21-25-12-14-26(34)15-13-25)33(6,37(23)30)41-40-42(8,9)32(3,4)5/h12-19,23-24,29-30H,10-11,20-22,41H2,1-9H3,(H,35,38)/t23?,24?,29-,30-,33?/m0/s1. The van der Waals surface area contributed by atoms with Crippen LogP contribution in [0.2, 0.25) is 18.1 Å². The van der Waals surface area contributed by atoms with Crippen LogP contribution in [-0.4, -0.2) is 71.4 Å². The topological polar surface area (TPSA) is 54.0 Å². The van der Waals surface area contributed by atoms with Gasteiger partial charge in [0.15, 0.2) is 18.1 Å². The number of fused-ring (bicyclic) bond motifs is 1. The van der Waals surface area contributed by atoms with Crippen LogP contribution in [0.4, 0.5) is 10.5 Å². The summed E-state index contributed by atoms with van der Waals surface area (Å²) in [5.41, 5.74) is 2.17. The summed E-state index contributed by atoms with van der Waals surface area (Å²) in [6, 6.07) is 17.1. The second kappa shape index (κ2) is 13.1. The second-order valence-electron chi connectivity index (χ2n) is 14.3. The molecule has 2 heterocycles. The summed E-state index contributed by atoms with van der Waals surface area (Å²) >= 11 is 3.62. The number of hydrogen-bond acceptors (Lipinski definition) is 4. The molecule has 0 spiro atoms. The molecule has 0 bridgehead atoms. The first-order valence-electron chi connectivity index (χ1n) is 15.5. The van der Waals surface area contributed by atoms with Crippen LogP contribution in [0.5, 0.6) is 5.75 Å². The van der Waals surface area contributed by atoms with Gasteiger partial charge < -0.3 is 19.1 Å². The van der Waals surface area contributed by atoms with Crippen molar-refractivity contribution in [2.75, 3.05) is 25.5 Å². The van der Waals surface area contributed by atoms with Gasteiger partial charge in [-0.05, 0) is 105 Å². The summed E-state index contributed by atoms with van der Waals surface area (Å²) in [5.74, 6) is 1.65. The number of nitrogens with zero attached hydrogens (tertiary/aromatic N) is 2. The van der Waals surface area contributed by atoms with Crippen LogP contribution in [-0.2, 0) is 10.5 Å². The minimum absolute atomic E-state index is 0.0123. The highest BCUT2D eigenvalue weighted by molar-refractivity contribution is 9.10. The number of amides is 2. The number of carbonyl (C=O) groups is 1. The fraction of sp³-hybridized carbons (Fsp3) is 0.606. The van der Waals surface area contributed by atoms with Gasteiger partial charge in [0, 0.05) is 40.5 Å². The molecule has 4 rings (SSSR count). The predicted molar refractivity (Wildman–Crippen MR) is 184 cm³/mol. The van der Waals surface area contributed by atoms with Gasteiger partial charge >= 0.3 is 6.03 Å². The zero-order chi connectivity index (χ0) is 30.9. The summed E-state index contributed by atoms with van der Waals surface area (Å²) in [6.07, 6.45) is 3.09. The van der Waals surface area contributed by atoms with Crippen molar-refractivity contribution >= 4 is 45.7 Å². The number of carbonyl (C=O) groups excluding carboxylic acids is 1. The summed E-state index contributed by atoms with van der Waals surface area (Å²) in [5, 5.41) is 3.32. The lowest BCUT2D eigenvalue weighted by atomic mass is 9.83. The highest BCUT2D eigenvalue weighted by atomic mass is 79.9. The van der Waals surface area contributed by atoms with Crippen molar-refractivity contribution in [3.63, 3.8) is 0 Å². The normalized spacial score (nSPS) is 27.5. The summed E-state index contributed by atoms with van der Waals surface area (Å²) in [7, 11) is -1.22. The van der Waals surface area contributed by atoms with Gasteiger partial charge in [0.1, 0.15) is 5.75 Å². The first-order valence-corrected chi connectivity index (χ1v) is 20.5. The van der Waals surface area contributed by atoms with E-state index in [1.165, 1.54) is 5.56 Å². The molecule has 6 nitrogen and oxygen atoms in total. The number of nitrogens with one attached hydrogen (secondary N) is 1. The highest BCUT2D eigenvalue weighted by Gasteiger charge is 2.57. The van der Waals surface area contributed by atoms with E-state index in [2.05, 4.69) is 110 Å². The molecule has 0 aromatic heterocycles. The van der Waals surface area contributed by atoms with Gasteiger partial charge in [-0.3, -0.25) is 4.90 Å². The smallest absolute Gasteiger partial charge is 0.321 e. The Morgan fingerprint density at radius 2 is 1.76 bits per heavy atom. The third-order valence-corrected chi connectivity index (χ3v) is 19.5. The third kappa shape index (κ3) is 7.17. The highest BCUT2D eigenvalue weighted by Crippen LogP contribution is 2.48. The predicted octanol–water partition coefficient (Wildman–Crippen LogP) is 7.47. The Balaban J connectivity index is 1.64. The SMILES string of the molecule is COc1ccc(NC(=O)N2CCCC(C)N3[C@@H](C2)C(C)[C@H](Cc2ccc(Br)cc2)C3(C)[SiH2]O[Si](C)(C)C(C)(C)C)cc1. The van der Waals surface area contributed by atoms with Gasteiger partial charge in [0.2, 0.25) is 0 Å². The van der Waals surface area contributed by atoms with Gasteiger partial charge in [0.25, 0.3) is 0 Å². The minimum atomic E-state index is -1.91. The molecule has 2 aromatic rings. The first kappa shape index (κ1) is 33.2. The van der Waals surface area contributed by atoms with Crippen molar-refractivity contribution in [3.8, 4) is 5.75 Å². The molecule has 2 fully saturated rings. The van der Waals surface area contributed by atoms with E-state index in [9.17, 15) is 4.79 Å². The third-order valence-electron chi connectivity index (χ3n) is 10.4. The molecule has 2 aliphatic heterocycles. The van der Waals surface area contributed by atoms with Gasteiger partial charge in [-0.2, -0.15) is 0 Å². The Morgan fingerprint density at radius 1 is 1.12 bits per heavy atom. The molecule has 1 N–H and O–H groups in total. The van der Waals surface area contributed by atoms with Crippen LogP contribution in [0.25, 0.3) is 0 Å². The molecule has 2 amide bonds. The van der Waals surface area contributed by atoms with Crippen LogP contribution in [0, 0.1) is 11.8 Å². The maximum absolute atomic E-state index is 13.6. The molecule has 2 aromatic carbocycles. The lowest BCUT2D eigenvalue weighted by Gasteiger charge is -2.48. The quantitative estimate of drug-likeness (QED) is 0.310. The van der Waals surface area contributed by atoms with E-state index in [1.54, 1.807) is 7.11 Å². The number of rotatable bonds is 7. The molecule has 42 heavy (non-hydrogen) atoms. The van der Waals surface area contributed by atoms with Gasteiger partial charge in [0.05, 0.1) is 7.11 Å². The molecule has 9 heteroatoms. The van der Waals surface area contributed by atoms with E-state index in [0.717, 1.165) is 48.3 Å². The Kier molecular flexibility index (Phi) is 10.4. The fourth-order valence-electron chi connectivity index (χ4n) is 6.84. The Morgan fingerprint density at radius 3 is 2.36 bits per heavy atom. The lowest BCUT2D eigenvalue weighted by molar-refractivity contribution is 0.0615. The van der Waals surface area contributed by atoms with Crippen molar-refractivity contribution in [1.29, 1.82) is 0 Å². The summed E-state index contributed by atoms with van der Waals surface area (Å²) in [4.78, 5) is 18.5. The maximum Gasteiger partial charge on any atom is 0.321 e. The average molecular weight is 675 g/mol. The maximum atomic E-state index is 13.6. The molecule has 0 saturated carbocycles. The van der Waals surface area contributed by atoms with E-state index in [0.29, 0.717) is 17.9 Å². The summed E-state index contributed by atoms with van der Waals surface area (Å²) in [6.45, 7) is 20.7. The molecule has 232 valence electrons. The number of halogens is 1. The van der Waals surface area contributed by atoms with Crippen LogP contribution in [0.1, 0.15) is 59.9 Å². The molecule has 0 aliphatic carbocycles. The van der Waals surface area contributed by atoms with E-state index < -0.39 is 18.1 Å². The first-order chi connectivity index (χ1) is 19.7. The Hall–Kier alpha value is -1.66. The molecule has 2 aliphatic rings. The van der Waals surface area contributed by atoms with E-state index >= 15 is 0 Å². The van der Waals surface area contributed by atoms with Crippen molar-refractivity contribution in [2.45, 2.75) is 96.2 Å². The summed E-state index contributed by atoms with van der Waals surface area (Å²) < 4.78 is 13.6. The van der Waals surface area contributed by atoms with Crippen molar-refractivity contribution < 1.29 is 13.6 Å². The van der Waals surface area contributed by atoms with Gasteiger partial charge in [-0.15, -0.1) is 0 Å². The Bertz CT molecular complexity index is 1200. The van der Waals surface area contributed by atoms with Crippen LogP contribution in [0.15, 0.2) is 53.0 Å². The number of methoxy groups -OCH3 is 1. The second-order valence-corrected chi connectivity index (χ2v) is 22.6. The van der Waals surface area contributed by atoms with E-state index in [1.807, 2.05) is 24.3 Å². The average Bonchev–Trinajstić information content (AvgIpc) is 3.12. The van der Waals surface area contributed by atoms with Gasteiger partial charge in [-0.25, -0.2) is 4.79 Å². The number of benzene rings is 2. The van der Waals surface area contributed by atoms with E-state index in [-0.39, 0.29) is 22.3 Å². The van der Waals surface area contributed by atoms with Crippen molar-refractivity contribution in [3.05, 3.63) is 58.6 Å². The number of urea groups is 1. The number of anilines is 1. The van der Waals surface area contributed by atoms with Crippen molar-refractivity contribution in [1.82, 2.24) is 9.80 Å².